The summed E-state index contributed by atoms with van der Waals surface area (Å²) in [6, 6.07) is 8.41. The van der Waals surface area contributed by atoms with E-state index in [1.54, 1.807) is 6.07 Å². The molecule has 1 heterocycles. The Morgan fingerprint density at radius 3 is 2.44 bits per heavy atom. The van der Waals surface area contributed by atoms with Crippen LogP contribution in [0.3, 0.4) is 0 Å². The van der Waals surface area contributed by atoms with E-state index in [1.807, 2.05) is 39.0 Å². The topological polar surface area (TPSA) is 89.8 Å². The molecule has 2 aromatic rings. The van der Waals surface area contributed by atoms with Crippen LogP contribution in [0.5, 0.6) is 11.5 Å². The third-order valence-electron chi connectivity index (χ3n) is 3.65. The summed E-state index contributed by atoms with van der Waals surface area (Å²) < 4.78 is 16.7. The molecule has 0 aliphatic rings. The van der Waals surface area contributed by atoms with Gasteiger partial charge in [-0.15, -0.1) is 0 Å². The summed E-state index contributed by atoms with van der Waals surface area (Å²) >= 11 is 3.13. The first-order valence-electron chi connectivity index (χ1n) is 8.67. The van der Waals surface area contributed by atoms with E-state index in [4.69, 9.17) is 13.9 Å². The number of furan rings is 1. The van der Waals surface area contributed by atoms with Gasteiger partial charge < -0.3 is 24.5 Å². The van der Waals surface area contributed by atoms with E-state index in [-0.39, 0.29) is 24.3 Å². The van der Waals surface area contributed by atoms with E-state index < -0.39 is 5.91 Å². The van der Waals surface area contributed by atoms with Gasteiger partial charge in [0.25, 0.3) is 5.91 Å². The molecule has 7 nitrogen and oxygen atoms in total. The molecule has 0 saturated carbocycles. The zero-order valence-electron chi connectivity index (χ0n) is 15.5. The Morgan fingerprint density at radius 1 is 1.11 bits per heavy atom. The van der Waals surface area contributed by atoms with Crippen LogP contribution < -0.4 is 20.1 Å². The summed E-state index contributed by atoms with van der Waals surface area (Å²) in [5.41, 5.74) is 0.872. The molecule has 0 fully saturated rings. The third kappa shape index (κ3) is 6.02. The van der Waals surface area contributed by atoms with Crippen LogP contribution in [0.2, 0.25) is 0 Å². The quantitative estimate of drug-likeness (QED) is 0.625. The number of carbonyl (C=O) groups excluding carboxylic acids is 2. The lowest BCUT2D eigenvalue weighted by Gasteiger charge is -2.17. The minimum absolute atomic E-state index is 0.135. The van der Waals surface area contributed by atoms with Crippen molar-refractivity contribution < 1.29 is 23.5 Å². The third-order valence-corrected chi connectivity index (χ3v) is 4.08. The maximum atomic E-state index is 12.1. The van der Waals surface area contributed by atoms with E-state index in [1.165, 1.54) is 6.07 Å². The Kier molecular flexibility index (Phi) is 7.72. The zero-order chi connectivity index (χ0) is 19.8. The van der Waals surface area contributed by atoms with Gasteiger partial charge in [-0.1, -0.05) is 6.07 Å². The van der Waals surface area contributed by atoms with Gasteiger partial charge in [0.2, 0.25) is 5.91 Å². The van der Waals surface area contributed by atoms with Crippen LogP contribution in [0.15, 0.2) is 39.4 Å². The molecule has 0 bridgehead atoms. The minimum Gasteiger partial charge on any atom is -0.490 e. The first-order valence-corrected chi connectivity index (χ1v) is 9.46. The maximum absolute atomic E-state index is 12.1. The molecule has 0 aliphatic heterocycles. The molecular weight excluding hydrogens is 416 g/mol. The van der Waals surface area contributed by atoms with Gasteiger partial charge in [0.1, 0.15) is 0 Å². The highest BCUT2D eigenvalue weighted by Gasteiger charge is 2.15. The second-order valence-corrected chi connectivity index (χ2v) is 6.43. The van der Waals surface area contributed by atoms with Gasteiger partial charge in [-0.2, -0.15) is 0 Å². The summed E-state index contributed by atoms with van der Waals surface area (Å²) in [4.78, 5) is 24.0. The van der Waals surface area contributed by atoms with Crippen molar-refractivity contribution in [1.82, 2.24) is 10.6 Å². The van der Waals surface area contributed by atoms with Crippen molar-refractivity contribution in [2.45, 2.75) is 26.8 Å². The monoisotopic (exact) mass is 438 g/mol. The molecule has 0 aliphatic carbocycles. The average Bonchev–Trinajstić information content (AvgIpc) is 3.08. The summed E-state index contributed by atoms with van der Waals surface area (Å²) in [6.45, 7) is 6.55. The molecule has 0 radical (unpaired) electrons. The molecule has 0 saturated heterocycles. The van der Waals surface area contributed by atoms with Gasteiger partial charge in [-0.25, -0.2) is 0 Å². The molecule has 8 heteroatoms. The molecule has 2 N–H and O–H groups in total. The van der Waals surface area contributed by atoms with Gasteiger partial charge in [0, 0.05) is 0 Å². The summed E-state index contributed by atoms with van der Waals surface area (Å²) in [5, 5.41) is 5.36. The van der Waals surface area contributed by atoms with Crippen molar-refractivity contribution in [1.29, 1.82) is 0 Å². The maximum Gasteiger partial charge on any atom is 0.287 e. The molecule has 27 heavy (non-hydrogen) atoms. The molecule has 1 aromatic carbocycles. The van der Waals surface area contributed by atoms with Crippen LogP contribution in [0.4, 0.5) is 0 Å². The fraction of sp³-hybridized carbons (Fsp3) is 0.368. The highest BCUT2D eigenvalue weighted by molar-refractivity contribution is 9.10. The van der Waals surface area contributed by atoms with Crippen molar-refractivity contribution in [2.75, 3.05) is 19.8 Å². The van der Waals surface area contributed by atoms with E-state index in [2.05, 4.69) is 26.6 Å². The molecule has 1 atom stereocenters. The van der Waals surface area contributed by atoms with Gasteiger partial charge in [0.05, 0.1) is 25.8 Å². The molecule has 0 spiro atoms. The van der Waals surface area contributed by atoms with Crippen molar-refractivity contribution in [3.8, 4) is 11.5 Å². The fourth-order valence-corrected chi connectivity index (χ4v) is 2.70. The van der Waals surface area contributed by atoms with Crippen LogP contribution in [0.25, 0.3) is 0 Å². The predicted octanol–water partition coefficient (Wildman–Crippen LogP) is 3.45. The van der Waals surface area contributed by atoms with Gasteiger partial charge in [-0.3, -0.25) is 9.59 Å². The largest absolute Gasteiger partial charge is 0.490 e. The zero-order valence-corrected chi connectivity index (χ0v) is 17.1. The average molecular weight is 439 g/mol. The molecule has 1 unspecified atom stereocenters. The molecule has 2 rings (SSSR count). The van der Waals surface area contributed by atoms with Crippen LogP contribution in [0, 0.1) is 0 Å². The Balaban J connectivity index is 1.93. The lowest BCUT2D eigenvalue weighted by Crippen LogP contribution is -2.37. The highest BCUT2D eigenvalue weighted by atomic mass is 79.9. The Morgan fingerprint density at radius 2 is 1.81 bits per heavy atom. The number of rotatable bonds is 9. The number of benzene rings is 1. The summed E-state index contributed by atoms with van der Waals surface area (Å²) in [5.74, 6) is 0.667. The second-order valence-electron chi connectivity index (χ2n) is 5.65. The lowest BCUT2D eigenvalue weighted by molar-refractivity contribution is -0.120. The number of ether oxygens (including phenoxy) is 2. The second kappa shape index (κ2) is 10.0. The normalized spacial score (nSPS) is 11.6. The van der Waals surface area contributed by atoms with Crippen LogP contribution >= 0.6 is 15.9 Å². The number of nitrogens with one attached hydrogen (secondary N) is 2. The number of halogens is 1. The number of hydrogen-bond acceptors (Lipinski definition) is 5. The molecule has 146 valence electrons. The van der Waals surface area contributed by atoms with E-state index in [9.17, 15) is 9.59 Å². The molecule has 2 amide bonds. The SMILES string of the molecule is CCOc1ccc(C(C)NC(=O)CNC(=O)c2ccc(Br)o2)cc1OCC. The van der Waals surface area contributed by atoms with Crippen molar-refractivity contribution >= 4 is 27.7 Å². The molecular formula is C19H23BrN2O5. The van der Waals surface area contributed by atoms with Gasteiger partial charge >= 0.3 is 0 Å². The number of amides is 2. The standard InChI is InChI=1S/C19H23BrN2O5/c1-4-25-14-7-6-13(10-16(14)26-5-2)12(3)22-18(23)11-21-19(24)15-8-9-17(20)27-15/h6-10,12H,4-5,11H2,1-3H3,(H,21,24)(H,22,23). The Hall–Kier alpha value is -2.48. The van der Waals surface area contributed by atoms with Crippen molar-refractivity contribution in [3.05, 3.63) is 46.3 Å². The van der Waals surface area contributed by atoms with Crippen LogP contribution in [0.1, 0.15) is 42.9 Å². The number of carbonyl (C=O) groups is 2. The van der Waals surface area contributed by atoms with E-state index >= 15 is 0 Å². The van der Waals surface area contributed by atoms with Crippen molar-refractivity contribution in [2.24, 2.45) is 0 Å². The van der Waals surface area contributed by atoms with E-state index in [0.717, 1.165) is 5.56 Å². The highest BCUT2D eigenvalue weighted by Crippen LogP contribution is 2.30. The van der Waals surface area contributed by atoms with Gasteiger partial charge in [0.15, 0.2) is 21.9 Å². The summed E-state index contributed by atoms with van der Waals surface area (Å²) in [7, 11) is 0. The lowest BCUT2D eigenvalue weighted by atomic mass is 10.1. The predicted molar refractivity (Wildman–Crippen MR) is 104 cm³/mol. The van der Waals surface area contributed by atoms with E-state index in [0.29, 0.717) is 29.4 Å². The first kappa shape index (κ1) is 20.8. The molecule has 1 aromatic heterocycles. The summed E-state index contributed by atoms with van der Waals surface area (Å²) in [6.07, 6.45) is 0. The fourth-order valence-electron chi connectivity index (χ4n) is 2.40. The smallest absolute Gasteiger partial charge is 0.287 e. The van der Waals surface area contributed by atoms with Crippen molar-refractivity contribution in [3.63, 3.8) is 0 Å². The first-order chi connectivity index (χ1) is 12.9. The Labute approximate surface area is 166 Å². The van der Waals surface area contributed by atoms with Crippen LogP contribution in [-0.4, -0.2) is 31.6 Å². The Bertz CT molecular complexity index is 790. The minimum atomic E-state index is -0.455. The van der Waals surface area contributed by atoms with Crippen LogP contribution in [-0.2, 0) is 4.79 Å². The van der Waals surface area contributed by atoms with Gasteiger partial charge in [-0.05, 0) is 66.5 Å². The number of hydrogen-bond donors (Lipinski definition) is 2.